The number of likely N-dealkylation sites (N-methyl/N-ethyl adjacent to an activating group) is 1. The van der Waals surface area contributed by atoms with Gasteiger partial charge < -0.3 is 4.90 Å². The summed E-state index contributed by atoms with van der Waals surface area (Å²) in [5.41, 5.74) is 0. The Morgan fingerprint density at radius 3 is 2.67 bits per heavy atom. The molecule has 8 heteroatoms. The SMILES string of the molecule is CC1CN(S(=O)(=O)c2cc(Cl)c(Br)s2)CCN1C. The molecule has 1 aliphatic heterocycles. The number of piperazine rings is 1. The largest absolute Gasteiger partial charge is 0.301 e. The summed E-state index contributed by atoms with van der Waals surface area (Å²) in [4.78, 5) is 2.16. The van der Waals surface area contributed by atoms with Gasteiger partial charge in [0.05, 0.1) is 8.81 Å². The monoisotopic (exact) mass is 372 g/mol. The van der Waals surface area contributed by atoms with Crippen molar-refractivity contribution in [2.24, 2.45) is 0 Å². The van der Waals surface area contributed by atoms with Crippen LogP contribution >= 0.6 is 38.9 Å². The zero-order valence-electron chi connectivity index (χ0n) is 10.1. The molecule has 1 atom stereocenters. The topological polar surface area (TPSA) is 40.6 Å². The maximum Gasteiger partial charge on any atom is 0.252 e. The molecule has 0 bridgehead atoms. The molecule has 1 aliphatic rings. The third-order valence-electron chi connectivity index (χ3n) is 3.14. The normalized spacial score (nSPS) is 23.4. The molecule has 1 aromatic heterocycles. The van der Waals surface area contributed by atoms with Crippen LogP contribution in [-0.2, 0) is 10.0 Å². The summed E-state index contributed by atoms with van der Waals surface area (Å²) in [7, 11) is -1.40. The standard InChI is InChI=1S/C10H14BrClN2O2S2/c1-7-6-14(4-3-13(7)2)18(15,16)9-5-8(12)10(11)17-9/h5,7H,3-4,6H2,1-2H3. The molecule has 102 valence electrons. The first-order chi connectivity index (χ1) is 8.32. The Morgan fingerprint density at radius 1 is 1.50 bits per heavy atom. The fraction of sp³-hybridized carbons (Fsp3) is 0.600. The molecule has 1 aromatic rings. The zero-order chi connectivity index (χ0) is 13.5. The molecule has 0 N–H and O–H groups in total. The molecule has 2 rings (SSSR count). The lowest BCUT2D eigenvalue weighted by Gasteiger charge is -2.36. The van der Waals surface area contributed by atoms with E-state index in [9.17, 15) is 8.42 Å². The second-order valence-corrected chi connectivity index (χ2v) is 9.32. The second kappa shape index (κ2) is 5.38. The fourth-order valence-corrected chi connectivity index (χ4v) is 5.88. The molecule has 0 saturated carbocycles. The van der Waals surface area contributed by atoms with Crippen LogP contribution in [-0.4, -0.2) is 50.3 Å². The molecule has 0 spiro atoms. The summed E-state index contributed by atoms with van der Waals surface area (Å²) >= 11 is 10.3. The molecule has 4 nitrogen and oxygen atoms in total. The number of rotatable bonds is 2. The highest BCUT2D eigenvalue weighted by Gasteiger charge is 2.32. The molecular formula is C10H14BrClN2O2S2. The maximum absolute atomic E-state index is 12.4. The number of thiophene rings is 1. The van der Waals surface area contributed by atoms with Crippen molar-refractivity contribution in [3.8, 4) is 0 Å². The summed E-state index contributed by atoms with van der Waals surface area (Å²) in [6, 6.07) is 1.74. The van der Waals surface area contributed by atoms with E-state index in [-0.39, 0.29) is 6.04 Å². The van der Waals surface area contributed by atoms with Crippen LogP contribution in [0.5, 0.6) is 0 Å². The fourth-order valence-electron chi connectivity index (χ4n) is 1.81. The lowest BCUT2D eigenvalue weighted by molar-refractivity contribution is 0.160. The van der Waals surface area contributed by atoms with Crippen molar-refractivity contribution in [2.45, 2.75) is 17.2 Å². The molecule has 1 saturated heterocycles. The van der Waals surface area contributed by atoms with Crippen LogP contribution < -0.4 is 0 Å². The van der Waals surface area contributed by atoms with Crippen LogP contribution in [0.3, 0.4) is 0 Å². The number of halogens is 2. The van der Waals surface area contributed by atoms with Crippen LogP contribution in [0.1, 0.15) is 6.92 Å². The van der Waals surface area contributed by atoms with Gasteiger partial charge in [-0.05, 0) is 36.0 Å². The van der Waals surface area contributed by atoms with Crippen LogP contribution in [0.2, 0.25) is 5.02 Å². The number of sulfonamides is 1. The molecule has 18 heavy (non-hydrogen) atoms. The molecule has 0 amide bonds. The predicted octanol–water partition coefficient (Wildman–Crippen LogP) is 2.49. The molecule has 0 aromatic carbocycles. The molecule has 0 radical (unpaired) electrons. The van der Waals surface area contributed by atoms with Crippen molar-refractivity contribution in [1.82, 2.24) is 9.21 Å². The highest BCUT2D eigenvalue weighted by atomic mass is 79.9. The van der Waals surface area contributed by atoms with Gasteiger partial charge in [0.1, 0.15) is 4.21 Å². The van der Waals surface area contributed by atoms with Crippen molar-refractivity contribution in [3.05, 3.63) is 14.9 Å². The third-order valence-corrected chi connectivity index (χ3v) is 7.93. The van der Waals surface area contributed by atoms with Gasteiger partial charge in [-0.25, -0.2) is 8.42 Å². The van der Waals surface area contributed by atoms with E-state index in [0.29, 0.717) is 26.1 Å². The Kier molecular flexibility index (Phi) is 4.40. The lowest BCUT2D eigenvalue weighted by Crippen LogP contribution is -2.51. The second-order valence-electron chi connectivity index (χ2n) is 4.38. The van der Waals surface area contributed by atoms with E-state index in [2.05, 4.69) is 20.8 Å². The van der Waals surface area contributed by atoms with Gasteiger partial charge in [-0.1, -0.05) is 11.6 Å². The lowest BCUT2D eigenvalue weighted by atomic mass is 10.2. The summed E-state index contributed by atoms with van der Waals surface area (Å²) < 4.78 is 27.4. The van der Waals surface area contributed by atoms with Crippen LogP contribution in [0, 0.1) is 0 Å². The van der Waals surface area contributed by atoms with Gasteiger partial charge in [-0.15, -0.1) is 11.3 Å². The Bertz CT molecular complexity index is 527. The highest BCUT2D eigenvalue weighted by Crippen LogP contribution is 2.36. The Labute approximate surface area is 125 Å². The van der Waals surface area contributed by atoms with Crippen LogP contribution in [0.25, 0.3) is 0 Å². The van der Waals surface area contributed by atoms with Gasteiger partial charge in [0, 0.05) is 25.7 Å². The van der Waals surface area contributed by atoms with Crippen LogP contribution in [0.4, 0.5) is 0 Å². The van der Waals surface area contributed by atoms with Gasteiger partial charge in [0.2, 0.25) is 0 Å². The van der Waals surface area contributed by atoms with E-state index in [1.807, 2.05) is 14.0 Å². The Hall–Kier alpha value is 0.340. The van der Waals surface area contributed by atoms with Gasteiger partial charge in [0.15, 0.2) is 0 Å². The van der Waals surface area contributed by atoms with E-state index < -0.39 is 10.0 Å². The minimum absolute atomic E-state index is 0.229. The van der Waals surface area contributed by atoms with Gasteiger partial charge in [-0.3, -0.25) is 0 Å². The van der Waals surface area contributed by atoms with Gasteiger partial charge in [-0.2, -0.15) is 4.31 Å². The Balaban J connectivity index is 2.26. The van der Waals surface area contributed by atoms with Crippen molar-refractivity contribution < 1.29 is 8.42 Å². The van der Waals surface area contributed by atoms with Gasteiger partial charge in [0.25, 0.3) is 10.0 Å². The predicted molar refractivity (Wildman–Crippen MR) is 77.9 cm³/mol. The molecular weight excluding hydrogens is 360 g/mol. The molecule has 0 aliphatic carbocycles. The average Bonchev–Trinajstić information content (AvgIpc) is 2.64. The number of hydrogen-bond donors (Lipinski definition) is 0. The molecule has 1 unspecified atom stereocenters. The zero-order valence-corrected chi connectivity index (χ0v) is 14.0. The van der Waals surface area contributed by atoms with E-state index in [1.165, 1.54) is 10.4 Å². The van der Waals surface area contributed by atoms with E-state index in [0.717, 1.165) is 17.9 Å². The van der Waals surface area contributed by atoms with Gasteiger partial charge >= 0.3 is 0 Å². The first-order valence-corrected chi connectivity index (χ1v) is 8.90. The summed E-state index contributed by atoms with van der Waals surface area (Å²) in [5.74, 6) is 0. The third kappa shape index (κ3) is 2.76. The Morgan fingerprint density at radius 2 is 2.17 bits per heavy atom. The summed E-state index contributed by atoms with van der Waals surface area (Å²) in [6.45, 7) is 3.82. The number of hydrogen-bond acceptors (Lipinski definition) is 4. The van der Waals surface area contributed by atoms with Crippen molar-refractivity contribution in [3.63, 3.8) is 0 Å². The van der Waals surface area contributed by atoms with E-state index >= 15 is 0 Å². The van der Waals surface area contributed by atoms with Crippen molar-refractivity contribution in [1.29, 1.82) is 0 Å². The first kappa shape index (κ1) is 14.7. The van der Waals surface area contributed by atoms with Crippen molar-refractivity contribution in [2.75, 3.05) is 26.7 Å². The molecule has 1 fully saturated rings. The van der Waals surface area contributed by atoms with Crippen LogP contribution in [0.15, 0.2) is 14.1 Å². The minimum Gasteiger partial charge on any atom is -0.301 e. The average molecular weight is 374 g/mol. The number of nitrogens with zero attached hydrogens (tertiary/aromatic N) is 2. The van der Waals surface area contributed by atoms with E-state index in [1.54, 1.807) is 0 Å². The van der Waals surface area contributed by atoms with E-state index in [4.69, 9.17) is 11.6 Å². The van der Waals surface area contributed by atoms with Crippen molar-refractivity contribution >= 4 is 48.9 Å². The first-order valence-electron chi connectivity index (χ1n) is 5.47. The summed E-state index contributed by atoms with van der Waals surface area (Å²) in [5, 5.41) is 0.445. The maximum atomic E-state index is 12.4. The molecule has 2 heterocycles. The smallest absolute Gasteiger partial charge is 0.252 e. The highest BCUT2D eigenvalue weighted by molar-refractivity contribution is 9.11. The minimum atomic E-state index is -3.41. The summed E-state index contributed by atoms with van der Waals surface area (Å²) in [6.07, 6.45) is 0. The quantitative estimate of drug-likeness (QED) is 0.799.